The Kier molecular flexibility index (Phi) is 10.7. The molecule has 1 saturated carbocycles. The van der Waals surface area contributed by atoms with E-state index in [9.17, 15) is 0 Å². The molecule has 5 heteroatoms. The predicted molar refractivity (Wildman–Crippen MR) is 94.5 cm³/mol. The molecular weight excluding hydrogens is 351 g/mol. The Labute approximate surface area is 135 Å². The molecule has 0 aliphatic heterocycles. The lowest BCUT2D eigenvalue weighted by Crippen LogP contribution is -2.42. The van der Waals surface area contributed by atoms with E-state index in [4.69, 9.17) is 0 Å². The van der Waals surface area contributed by atoms with E-state index < -0.39 is 0 Å². The van der Waals surface area contributed by atoms with Gasteiger partial charge in [-0.25, -0.2) is 0 Å². The van der Waals surface area contributed by atoms with Crippen LogP contribution in [0.5, 0.6) is 0 Å². The number of aliphatic imine (C=N–C) groups is 1. The van der Waals surface area contributed by atoms with Crippen molar-refractivity contribution in [3.63, 3.8) is 0 Å². The highest BCUT2D eigenvalue weighted by Gasteiger charge is 2.27. The molecule has 19 heavy (non-hydrogen) atoms. The van der Waals surface area contributed by atoms with Crippen molar-refractivity contribution in [1.29, 1.82) is 0 Å². The monoisotopic (exact) mass is 382 g/mol. The Morgan fingerprint density at radius 1 is 1.26 bits per heavy atom. The van der Waals surface area contributed by atoms with E-state index >= 15 is 0 Å². The van der Waals surface area contributed by atoms with Crippen LogP contribution >= 0.6 is 24.0 Å². The molecule has 1 aliphatic rings. The third-order valence-electron chi connectivity index (χ3n) is 3.40. The highest BCUT2D eigenvalue weighted by atomic mass is 127. The minimum absolute atomic E-state index is 0. The van der Waals surface area contributed by atoms with Crippen molar-refractivity contribution in [1.82, 2.24) is 15.5 Å². The van der Waals surface area contributed by atoms with Crippen molar-refractivity contribution in [3.8, 4) is 0 Å². The van der Waals surface area contributed by atoms with E-state index in [0.717, 1.165) is 44.1 Å². The van der Waals surface area contributed by atoms with Crippen LogP contribution < -0.4 is 10.6 Å². The van der Waals surface area contributed by atoms with Crippen LogP contribution in [0.15, 0.2) is 4.99 Å². The van der Waals surface area contributed by atoms with Crippen molar-refractivity contribution in [2.75, 3.05) is 33.2 Å². The quantitative estimate of drug-likeness (QED) is 0.385. The first kappa shape index (κ1) is 19.0. The van der Waals surface area contributed by atoms with Gasteiger partial charge >= 0.3 is 0 Å². The Bertz CT molecular complexity index is 252. The maximum Gasteiger partial charge on any atom is 0.191 e. The fraction of sp³-hybridized carbons (Fsp3) is 0.929. The van der Waals surface area contributed by atoms with Gasteiger partial charge < -0.3 is 10.6 Å². The van der Waals surface area contributed by atoms with Crippen molar-refractivity contribution in [2.24, 2.45) is 10.9 Å². The Hall–Kier alpha value is -0.0400. The maximum atomic E-state index is 4.24. The number of hydrogen-bond acceptors (Lipinski definition) is 2. The van der Waals surface area contributed by atoms with Crippen molar-refractivity contribution in [3.05, 3.63) is 0 Å². The molecule has 4 nitrogen and oxygen atoms in total. The highest BCUT2D eigenvalue weighted by Crippen LogP contribution is 2.25. The summed E-state index contributed by atoms with van der Waals surface area (Å²) in [7, 11) is 1.84. The molecule has 0 aromatic rings. The van der Waals surface area contributed by atoms with Crippen molar-refractivity contribution >= 4 is 29.9 Å². The minimum Gasteiger partial charge on any atom is -0.356 e. The second-order valence-electron chi connectivity index (χ2n) is 5.47. The molecule has 0 atom stereocenters. The summed E-state index contributed by atoms with van der Waals surface area (Å²) in [4.78, 5) is 6.79. The molecule has 1 aliphatic carbocycles. The van der Waals surface area contributed by atoms with Gasteiger partial charge in [-0.2, -0.15) is 0 Å². The summed E-state index contributed by atoms with van der Waals surface area (Å²) in [6.45, 7) is 11.0. The summed E-state index contributed by atoms with van der Waals surface area (Å²) in [5, 5.41) is 6.75. The number of nitrogens with zero attached hydrogens (tertiary/aromatic N) is 2. The molecule has 0 spiro atoms. The SMILES string of the molecule is CCN(CCNC(=NC)NCCC(C)C)C1CC1.I. The molecule has 1 fully saturated rings. The molecule has 0 bridgehead atoms. The van der Waals surface area contributed by atoms with Crippen molar-refractivity contribution in [2.45, 2.75) is 46.1 Å². The number of hydrogen-bond donors (Lipinski definition) is 2. The molecule has 0 amide bonds. The van der Waals surface area contributed by atoms with Gasteiger partial charge in [-0.05, 0) is 31.7 Å². The van der Waals surface area contributed by atoms with Gasteiger partial charge in [-0.1, -0.05) is 20.8 Å². The smallest absolute Gasteiger partial charge is 0.191 e. The van der Waals surface area contributed by atoms with Gasteiger partial charge in [0.25, 0.3) is 0 Å². The van der Waals surface area contributed by atoms with Crippen LogP contribution in [-0.2, 0) is 0 Å². The molecule has 2 N–H and O–H groups in total. The zero-order valence-electron chi connectivity index (χ0n) is 12.9. The van der Waals surface area contributed by atoms with Crippen LogP contribution in [0.2, 0.25) is 0 Å². The summed E-state index contributed by atoms with van der Waals surface area (Å²) in [6.07, 6.45) is 3.95. The Morgan fingerprint density at radius 3 is 2.37 bits per heavy atom. The third kappa shape index (κ3) is 8.68. The van der Waals surface area contributed by atoms with Gasteiger partial charge in [0.1, 0.15) is 0 Å². The first-order valence-corrected chi connectivity index (χ1v) is 7.36. The fourth-order valence-electron chi connectivity index (χ4n) is 2.06. The summed E-state index contributed by atoms with van der Waals surface area (Å²) < 4.78 is 0. The molecule has 0 aromatic heterocycles. The van der Waals surface area contributed by atoms with Crippen molar-refractivity contribution < 1.29 is 0 Å². The first-order chi connectivity index (χ1) is 8.67. The van der Waals surface area contributed by atoms with Crippen LogP contribution in [-0.4, -0.2) is 50.1 Å². The van der Waals surface area contributed by atoms with Crippen LogP contribution in [0.3, 0.4) is 0 Å². The maximum absolute atomic E-state index is 4.24. The van der Waals surface area contributed by atoms with Crippen LogP contribution in [0, 0.1) is 5.92 Å². The number of halogens is 1. The predicted octanol–water partition coefficient (Wildman–Crippen LogP) is 2.30. The van der Waals surface area contributed by atoms with E-state index in [1.807, 2.05) is 7.05 Å². The van der Waals surface area contributed by atoms with E-state index in [0.29, 0.717) is 0 Å². The van der Waals surface area contributed by atoms with Gasteiger partial charge in [0.05, 0.1) is 0 Å². The minimum atomic E-state index is 0. The largest absolute Gasteiger partial charge is 0.356 e. The van der Waals surface area contributed by atoms with Crippen LogP contribution in [0.1, 0.15) is 40.0 Å². The number of likely N-dealkylation sites (N-methyl/N-ethyl adjacent to an activating group) is 1. The van der Waals surface area contributed by atoms with Gasteiger partial charge in [0.2, 0.25) is 0 Å². The molecule has 0 radical (unpaired) electrons. The average molecular weight is 382 g/mol. The van der Waals surface area contributed by atoms with Gasteiger partial charge in [0.15, 0.2) is 5.96 Å². The van der Waals surface area contributed by atoms with E-state index in [2.05, 4.69) is 41.3 Å². The fourth-order valence-corrected chi connectivity index (χ4v) is 2.06. The van der Waals surface area contributed by atoms with Crippen LogP contribution in [0.25, 0.3) is 0 Å². The molecule has 0 unspecified atom stereocenters. The van der Waals surface area contributed by atoms with Gasteiger partial charge in [0, 0.05) is 32.7 Å². The molecular formula is C14H31IN4. The lowest BCUT2D eigenvalue weighted by molar-refractivity contribution is 0.282. The Balaban J connectivity index is 0.00000324. The zero-order chi connectivity index (χ0) is 13.4. The summed E-state index contributed by atoms with van der Waals surface area (Å²) in [5.41, 5.74) is 0. The molecule has 0 aromatic carbocycles. The standard InChI is InChI=1S/C14H30N4.HI/c1-5-18(13-6-7-13)11-10-17-14(15-4)16-9-8-12(2)3;/h12-13H,5-11H2,1-4H3,(H2,15,16,17);1H. The van der Waals surface area contributed by atoms with Gasteiger partial charge in [-0.3, -0.25) is 9.89 Å². The normalized spacial score (nSPS) is 15.6. The Morgan fingerprint density at radius 2 is 1.89 bits per heavy atom. The highest BCUT2D eigenvalue weighted by molar-refractivity contribution is 14.0. The zero-order valence-corrected chi connectivity index (χ0v) is 15.2. The number of nitrogens with one attached hydrogen (secondary N) is 2. The first-order valence-electron chi connectivity index (χ1n) is 7.36. The average Bonchev–Trinajstić information content (AvgIpc) is 3.16. The third-order valence-corrected chi connectivity index (χ3v) is 3.40. The lowest BCUT2D eigenvalue weighted by atomic mass is 10.1. The van der Waals surface area contributed by atoms with Gasteiger partial charge in [-0.15, -0.1) is 24.0 Å². The number of rotatable bonds is 8. The summed E-state index contributed by atoms with van der Waals surface area (Å²) >= 11 is 0. The molecule has 1 rings (SSSR count). The summed E-state index contributed by atoms with van der Waals surface area (Å²) in [6, 6.07) is 0.854. The second kappa shape index (κ2) is 10.7. The van der Waals surface area contributed by atoms with Crippen LogP contribution in [0.4, 0.5) is 0 Å². The molecule has 0 heterocycles. The topological polar surface area (TPSA) is 39.7 Å². The number of guanidine groups is 1. The molecule has 114 valence electrons. The van der Waals surface area contributed by atoms with E-state index in [-0.39, 0.29) is 24.0 Å². The molecule has 0 saturated heterocycles. The summed E-state index contributed by atoms with van der Waals surface area (Å²) in [5.74, 6) is 1.67. The van der Waals surface area contributed by atoms with E-state index in [1.165, 1.54) is 19.3 Å². The van der Waals surface area contributed by atoms with E-state index in [1.54, 1.807) is 0 Å². The second-order valence-corrected chi connectivity index (χ2v) is 5.47. The lowest BCUT2D eigenvalue weighted by Gasteiger charge is -2.20.